The van der Waals surface area contributed by atoms with Gasteiger partial charge in [-0.15, -0.1) is 0 Å². The van der Waals surface area contributed by atoms with Crippen LogP contribution in [-0.4, -0.2) is 65.6 Å². The molecule has 0 radical (unpaired) electrons. The Bertz CT molecular complexity index is 971. The van der Waals surface area contributed by atoms with Gasteiger partial charge in [-0.3, -0.25) is 4.79 Å². The average Bonchev–Trinajstić information content (AvgIpc) is 3.27. The van der Waals surface area contributed by atoms with Gasteiger partial charge in [-0.25, -0.2) is 4.39 Å². The van der Waals surface area contributed by atoms with Crippen molar-refractivity contribution in [2.75, 3.05) is 27.2 Å². The van der Waals surface area contributed by atoms with Crippen LogP contribution in [0.3, 0.4) is 0 Å². The minimum absolute atomic E-state index is 0.144. The minimum atomic E-state index is -3.57. The van der Waals surface area contributed by atoms with Gasteiger partial charge in [0.25, 0.3) is 16.1 Å². The average molecular weight is 392 g/mol. The van der Waals surface area contributed by atoms with Crippen LogP contribution in [0.4, 0.5) is 4.39 Å². The molecule has 9 heteroatoms. The molecule has 0 spiro atoms. The molecule has 0 N–H and O–H groups in total. The Labute approximate surface area is 157 Å². The van der Waals surface area contributed by atoms with E-state index in [4.69, 9.17) is 0 Å². The van der Waals surface area contributed by atoms with Crippen molar-refractivity contribution in [1.82, 2.24) is 18.1 Å². The Hall–Kier alpha value is -2.23. The van der Waals surface area contributed by atoms with Crippen LogP contribution in [0.5, 0.6) is 0 Å². The first kappa shape index (κ1) is 18.1. The molecule has 27 heavy (non-hydrogen) atoms. The second-order valence-corrected chi connectivity index (χ2v) is 9.24. The molecule has 0 saturated carbocycles. The molecule has 7 nitrogen and oxygen atoms in total. The molecule has 4 rings (SSSR count). The molecule has 144 valence electrons. The Kier molecular flexibility index (Phi) is 4.32. The lowest BCUT2D eigenvalue weighted by Crippen LogP contribution is -2.50. The van der Waals surface area contributed by atoms with Crippen LogP contribution in [0, 0.1) is 5.82 Å². The zero-order chi connectivity index (χ0) is 19.3. The highest BCUT2D eigenvalue weighted by atomic mass is 32.2. The topological polar surface area (TPSA) is 65.9 Å². The molecule has 2 atom stereocenters. The number of benzene rings is 1. The van der Waals surface area contributed by atoms with E-state index in [9.17, 15) is 17.6 Å². The summed E-state index contributed by atoms with van der Waals surface area (Å²) in [5.74, 6) is -0.478. The highest BCUT2D eigenvalue weighted by Gasteiger charge is 2.48. The van der Waals surface area contributed by atoms with Gasteiger partial charge in [0.15, 0.2) is 0 Å². The van der Waals surface area contributed by atoms with Gasteiger partial charge in [-0.2, -0.15) is 17.0 Å². The molecule has 2 aromatic rings. The second-order valence-electron chi connectivity index (χ2n) is 7.10. The van der Waals surface area contributed by atoms with Crippen LogP contribution < -0.4 is 0 Å². The van der Waals surface area contributed by atoms with E-state index < -0.39 is 10.2 Å². The summed E-state index contributed by atoms with van der Waals surface area (Å²) < 4.78 is 42.9. The monoisotopic (exact) mass is 392 g/mol. The third kappa shape index (κ3) is 2.95. The van der Waals surface area contributed by atoms with Crippen LogP contribution in [0.2, 0.25) is 0 Å². The first-order valence-electron chi connectivity index (χ1n) is 8.69. The van der Waals surface area contributed by atoms with E-state index in [-0.39, 0.29) is 30.4 Å². The lowest BCUT2D eigenvalue weighted by molar-refractivity contribution is 0.0559. The number of hydrogen-bond acceptors (Lipinski definition) is 3. The first-order valence-corrected chi connectivity index (χ1v) is 10.1. The largest absolute Gasteiger partial charge is 0.337 e. The SMILES string of the molecule is CN(C)S(=O)(=O)N1C[C@H]2[C@H](C1)n1cccc1C(=O)N2Cc1ccc(F)cc1. The summed E-state index contributed by atoms with van der Waals surface area (Å²) in [5, 5.41) is 0. The van der Waals surface area contributed by atoms with E-state index in [0.29, 0.717) is 18.8 Å². The molecular weight excluding hydrogens is 371 g/mol. The van der Waals surface area contributed by atoms with Gasteiger partial charge in [0, 0.05) is 39.9 Å². The molecule has 1 aromatic heterocycles. The van der Waals surface area contributed by atoms with E-state index in [0.717, 1.165) is 5.56 Å². The van der Waals surface area contributed by atoms with Crippen molar-refractivity contribution < 1.29 is 17.6 Å². The molecule has 3 heterocycles. The van der Waals surface area contributed by atoms with Crippen LogP contribution in [0.1, 0.15) is 22.1 Å². The maximum atomic E-state index is 13.2. The lowest BCUT2D eigenvalue weighted by atomic mass is 10.0. The number of fused-ring (bicyclic) bond motifs is 3. The summed E-state index contributed by atoms with van der Waals surface area (Å²) in [4.78, 5) is 14.7. The van der Waals surface area contributed by atoms with Gasteiger partial charge < -0.3 is 9.47 Å². The van der Waals surface area contributed by atoms with Gasteiger partial charge in [-0.1, -0.05) is 12.1 Å². The van der Waals surface area contributed by atoms with E-state index in [1.54, 1.807) is 29.2 Å². The highest BCUT2D eigenvalue weighted by molar-refractivity contribution is 7.86. The maximum Gasteiger partial charge on any atom is 0.281 e. The Morgan fingerprint density at radius 2 is 1.78 bits per heavy atom. The fourth-order valence-corrected chi connectivity index (χ4v) is 5.02. The molecule has 1 amide bonds. The van der Waals surface area contributed by atoms with Crippen LogP contribution in [0.15, 0.2) is 42.6 Å². The zero-order valence-electron chi connectivity index (χ0n) is 15.1. The molecule has 1 fully saturated rings. The fourth-order valence-electron chi connectivity index (χ4n) is 3.87. The van der Waals surface area contributed by atoms with Crippen molar-refractivity contribution in [3.8, 4) is 0 Å². The number of amides is 1. The van der Waals surface area contributed by atoms with Gasteiger partial charge in [0.05, 0.1) is 12.1 Å². The number of halogens is 1. The van der Waals surface area contributed by atoms with Gasteiger partial charge in [0.2, 0.25) is 0 Å². The Balaban J connectivity index is 1.70. The van der Waals surface area contributed by atoms with E-state index in [1.807, 2.05) is 10.8 Å². The molecule has 0 bridgehead atoms. The Morgan fingerprint density at radius 3 is 2.44 bits per heavy atom. The molecular formula is C18H21FN4O3S. The van der Waals surface area contributed by atoms with Crippen molar-refractivity contribution >= 4 is 16.1 Å². The molecule has 2 aliphatic heterocycles. The second kappa shape index (κ2) is 6.43. The molecule has 0 aliphatic carbocycles. The number of carbonyl (C=O) groups excluding carboxylic acids is 1. The van der Waals surface area contributed by atoms with Crippen LogP contribution >= 0.6 is 0 Å². The zero-order valence-corrected chi connectivity index (χ0v) is 15.9. The summed E-state index contributed by atoms with van der Waals surface area (Å²) in [6.07, 6.45) is 1.83. The number of nitrogens with zero attached hydrogens (tertiary/aromatic N) is 4. The van der Waals surface area contributed by atoms with Gasteiger partial charge in [-0.05, 0) is 29.8 Å². The highest BCUT2D eigenvalue weighted by Crippen LogP contribution is 2.36. The smallest absolute Gasteiger partial charge is 0.281 e. The van der Waals surface area contributed by atoms with Crippen molar-refractivity contribution in [1.29, 1.82) is 0 Å². The number of rotatable bonds is 4. The molecule has 1 saturated heterocycles. The molecule has 0 unspecified atom stereocenters. The number of hydrogen-bond donors (Lipinski definition) is 0. The summed E-state index contributed by atoms with van der Waals surface area (Å²) >= 11 is 0. The number of carbonyl (C=O) groups is 1. The van der Waals surface area contributed by atoms with Crippen molar-refractivity contribution in [2.45, 2.75) is 18.6 Å². The fraction of sp³-hybridized carbons (Fsp3) is 0.389. The number of aromatic nitrogens is 1. The predicted molar refractivity (Wildman–Crippen MR) is 97.7 cm³/mol. The van der Waals surface area contributed by atoms with Crippen molar-refractivity contribution in [3.63, 3.8) is 0 Å². The summed E-state index contributed by atoms with van der Waals surface area (Å²) in [5.41, 5.74) is 1.35. The van der Waals surface area contributed by atoms with Gasteiger partial charge >= 0.3 is 0 Å². The maximum absolute atomic E-state index is 13.2. The minimum Gasteiger partial charge on any atom is -0.337 e. The first-order chi connectivity index (χ1) is 12.8. The molecule has 1 aromatic carbocycles. The van der Waals surface area contributed by atoms with Crippen molar-refractivity contribution in [2.24, 2.45) is 0 Å². The Morgan fingerprint density at radius 1 is 1.11 bits per heavy atom. The van der Waals surface area contributed by atoms with E-state index >= 15 is 0 Å². The standard InChI is InChI=1S/C18H21FN4O3S/c1-20(2)27(25,26)21-11-16-17(12-21)23(10-13-5-7-14(19)8-6-13)18(24)15-4-3-9-22(15)16/h3-9,16-17H,10-12H2,1-2H3/t16-,17-/m0/s1. The third-order valence-corrected chi connectivity index (χ3v) is 7.17. The lowest BCUT2D eigenvalue weighted by Gasteiger charge is -2.38. The van der Waals surface area contributed by atoms with Crippen LogP contribution in [-0.2, 0) is 16.8 Å². The van der Waals surface area contributed by atoms with E-state index in [2.05, 4.69) is 0 Å². The third-order valence-electron chi connectivity index (χ3n) is 5.30. The van der Waals surface area contributed by atoms with Crippen LogP contribution in [0.25, 0.3) is 0 Å². The van der Waals surface area contributed by atoms with Crippen molar-refractivity contribution in [3.05, 3.63) is 59.7 Å². The quantitative estimate of drug-likeness (QED) is 0.788. The predicted octanol–water partition coefficient (Wildman–Crippen LogP) is 1.31. The summed E-state index contributed by atoms with van der Waals surface area (Å²) in [6, 6.07) is 9.14. The molecule has 2 aliphatic rings. The summed E-state index contributed by atoms with van der Waals surface area (Å²) in [7, 11) is -0.574. The summed E-state index contributed by atoms with van der Waals surface area (Å²) in [6.45, 7) is 0.844. The normalized spacial score (nSPS) is 23.0. The van der Waals surface area contributed by atoms with E-state index in [1.165, 1.54) is 34.8 Å². The van der Waals surface area contributed by atoms with Gasteiger partial charge in [0.1, 0.15) is 11.5 Å².